The molecule has 1 aliphatic heterocycles. The Morgan fingerprint density at radius 2 is 2.05 bits per heavy atom. The molecule has 1 heterocycles. The molecule has 3 nitrogen and oxygen atoms in total. The number of hydrogen-bond acceptors (Lipinski definition) is 2. The first kappa shape index (κ1) is 17.3. The first-order chi connectivity index (χ1) is 10.6. The molecule has 1 aromatic carbocycles. The molecular formula is C18H27ClN2O. The third-order valence-electron chi connectivity index (χ3n) is 4.42. The maximum Gasteiger partial charge on any atom is 0.223 e. The lowest BCUT2D eigenvalue weighted by molar-refractivity contribution is -0.127. The zero-order valence-electron chi connectivity index (χ0n) is 13.6. The highest BCUT2D eigenvalue weighted by Gasteiger charge is 2.25. The molecule has 1 fully saturated rings. The second kappa shape index (κ2) is 8.54. The van der Waals surface area contributed by atoms with Crippen molar-refractivity contribution < 1.29 is 4.79 Å². The van der Waals surface area contributed by atoms with E-state index in [2.05, 4.69) is 30.1 Å². The van der Waals surface area contributed by atoms with Crippen molar-refractivity contribution in [3.8, 4) is 0 Å². The van der Waals surface area contributed by atoms with E-state index in [0.29, 0.717) is 6.04 Å². The van der Waals surface area contributed by atoms with E-state index in [4.69, 9.17) is 11.6 Å². The highest BCUT2D eigenvalue weighted by Crippen LogP contribution is 2.22. The molecule has 0 saturated carbocycles. The van der Waals surface area contributed by atoms with Crippen LogP contribution in [0.1, 0.15) is 45.1 Å². The van der Waals surface area contributed by atoms with Crippen molar-refractivity contribution in [1.82, 2.24) is 10.2 Å². The predicted molar refractivity (Wildman–Crippen MR) is 92.0 cm³/mol. The Morgan fingerprint density at radius 3 is 2.68 bits per heavy atom. The van der Waals surface area contributed by atoms with Crippen LogP contribution in [0.2, 0.25) is 5.02 Å². The molecule has 1 saturated heterocycles. The molecule has 1 N–H and O–H groups in total. The van der Waals surface area contributed by atoms with Crippen LogP contribution in [-0.2, 0) is 11.3 Å². The number of piperidine rings is 1. The fourth-order valence-electron chi connectivity index (χ4n) is 3.09. The third-order valence-corrected chi connectivity index (χ3v) is 4.79. The lowest BCUT2D eigenvalue weighted by atomic mass is 9.95. The Labute approximate surface area is 139 Å². The van der Waals surface area contributed by atoms with Gasteiger partial charge < -0.3 is 5.32 Å². The molecule has 1 aromatic rings. The summed E-state index contributed by atoms with van der Waals surface area (Å²) in [5.74, 6) is 0.403. The quantitative estimate of drug-likeness (QED) is 0.862. The smallest absolute Gasteiger partial charge is 0.223 e. The molecule has 2 rings (SSSR count). The molecular weight excluding hydrogens is 296 g/mol. The van der Waals surface area contributed by atoms with Gasteiger partial charge in [0.25, 0.3) is 0 Å². The standard InChI is InChI=1S/C18H27ClN2O/c1-3-6-14(2)20-18(22)15-9-11-21(12-10-15)13-16-7-4-5-8-17(16)19/h4-5,7-8,14-15H,3,6,9-13H2,1-2H3,(H,20,22)/t14-/m1/s1. The zero-order chi connectivity index (χ0) is 15.9. The number of amides is 1. The van der Waals surface area contributed by atoms with Crippen LogP contribution in [0.3, 0.4) is 0 Å². The van der Waals surface area contributed by atoms with Crippen LogP contribution in [0, 0.1) is 5.92 Å². The van der Waals surface area contributed by atoms with E-state index < -0.39 is 0 Å². The van der Waals surface area contributed by atoms with Crippen LogP contribution in [0.4, 0.5) is 0 Å². The number of hydrogen-bond donors (Lipinski definition) is 1. The molecule has 1 amide bonds. The van der Waals surface area contributed by atoms with Crippen LogP contribution in [0.25, 0.3) is 0 Å². The van der Waals surface area contributed by atoms with E-state index in [9.17, 15) is 4.79 Å². The first-order valence-electron chi connectivity index (χ1n) is 8.36. The second-order valence-corrected chi connectivity index (χ2v) is 6.75. The van der Waals surface area contributed by atoms with Gasteiger partial charge in [0.1, 0.15) is 0 Å². The normalized spacial score (nSPS) is 18.1. The van der Waals surface area contributed by atoms with Crippen molar-refractivity contribution in [2.45, 2.75) is 52.1 Å². The van der Waals surface area contributed by atoms with Crippen LogP contribution in [0.5, 0.6) is 0 Å². The van der Waals surface area contributed by atoms with Gasteiger partial charge in [-0.05, 0) is 50.9 Å². The SMILES string of the molecule is CCC[C@@H](C)NC(=O)C1CCN(Cc2ccccc2Cl)CC1. The molecule has 122 valence electrons. The number of halogens is 1. The molecule has 4 heteroatoms. The van der Waals surface area contributed by atoms with Crippen molar-refractivity contribution in [3.63, 3.8) is 0 Å². The predicted octanol–water partition coefficient (Wildman–Crippen LogP) is 3.86. The summed E-state index contributed by atoms with van der Waals surface area (Å²) in [6, 6.07) is 8.29. The minimum Gasteiger partial charge on any atom is -0.353 e. The highest BCUT2D eigenvalue weighted by atomic mass is 35.5. The van der Waals surface area contributed by atoms with Gasteiger partial charge >= 0.3 is 0 Å². The summed E-state index contributed by atoms with van der Waals surface area (Å²) in [6.45, 7) is 7.04. The van der Waals surface area contributed by atoms with Gasteiger partial charge in [-0.1, -0.05) is 43.1 Å². The molecule has 0 aliphatic carbocycles. The molecule has 0 aromatic heterocycles. The number of nitrogens with one attached hydrogen (secondary N) is 1. The maximum atomic E-state index is 12.3. The van der Waals surface area contributed by atoms with Crippen molar-refractivity contribution in [2.75, 3.05) is 13.1 Å². The number of nitrogens with zero attached hydrogens (tertiary/aromatic N) is 1. The third kappa shape index (κ3) is 4.99. The number of rotatable bonds is 6. The van der Waals surface area contributed by atoms with Crippen LogP contribution < -0.4 is 5.32 Å². The van der Waals surface area contributed by atoms with E-state index in [1.54, 1.807) is 0 Å². The lowest BCUT2D eigenvalue weighted by Crippen LogP contribution is -2.42. The van der Waals surface area contributed by atoms with Gasteiger partial charge in [-0.25, -0.2) is 0 Å². The van der Waals surface area contributed by atoms with Gasteiger partial charge in [0, 0.05) is 23.5 Å². The molecule has 0 spiro atoms. The van der Waals surface area contributed by atoms with Crippen molar-refractivity contribution in [3.05, 3.63) is 34.9 Å². The van der Waals surface area contributed by atoms with Crippen LogP contribution in [0.15, 0.2) is 24.3 Å². The van der Waals surface area contributed by atoms with E-state index in [0.717, 1.165) is 50.3 Å². The Kier molecular flexibility index (Phi) is 6.71. The Balaban J connectivity index is 1.78. The molecule has 1 aliphatic rings. The van der Waals surface area contributed by atoms with Gasteiger partial charge in [-0.3, -0.25) is 9.69 Å². The summed E-state index contributed by atoms with van der Waals surface area (Å²) in [6.07, 6.45) is 4.04. The van der Waals surface area contributed by atoms with E-state index in [1.165, 1.54) is 5.56 Å². The minimum absolute atomic E-state index is 0.168. The summed E-state index contributed by atoms with van der Waals surface area (Å²) in [5, 5.41) is 3.98. The summed E-state index contributed by atoms with van der Waals surface area (Å²) in [5.41, 5.74) is 1.17. The highest BCUT2D eigenvalue weighted by molar-refractivity contribution is 6.31. The van der Waals surface area contributed by atoms with Crippen molar-refractivity contribution in [1.29, 1.82) is 0 Å². The summed E-state index contributed by atoms with van der Waals surface area (Å²) in [7, 11) is 0. The Bertz CT molecular complexity index is 484. The first-order valence-corrected chi connectivity index (χ1v) is 8.74. The van der Waals surface area contributed by atoms with Crippen molar-refractivity contribution in [2.24, 2.45) is 5.92 Å². The number of carbonyl (C=O) groups is 1. The molecule has 0 radical (unpaired) electrons. The van der Waals surface area contributed by atoms with Gasteiger partial charge in [-0.2, -0.15) is 0 Å². The summed E-state index contributed by atoms with van der Waals surface area (Å²) < 4.78 is 0. The Morgan fingerprint density at radius 1 is 1.36 bits per heavy atom. The molecule has 22 heavy (non-hydrogen) atoms. The van der Waals surface area contributed by atoms with Gasteiger partial charge in [0.05, 0.1) is 0 Å². The number of likely N-dealkylation sites (tertiary alicyclic amines) is 1. The zero-order valence-corrected chi connectivity index (χ0v) is 14.4. The molecule has 1 atom stereocenters. The number of carbonyl (C=O) groups excluding carboxylic acids is 1. The molecule has 0 unspecified atom stereocenters. The average Bonchev–Trinajstić information content (AvgIpc) is 2.50. The van der Waals surface area contributed by atoms with Crippen LogP contribution in [-0.4, -0.2) is 29.9 Å². The average molecular weight is 323 g/mol. The molecule has 0 bridgehead atoms. The maximum absolute atomic E-state index is 12.3. The van der Waals surface area contributed by atoms with Gasteiger partial charge in [0.2, 0.25) is 5.91 Å². The van der Waals surface area contributed by atoms with Crippen molar-refractivity contribution >= 4 is 17.5 Å². The lowest BCUT2D eigenvalue weighted by Gasteiger charge is -2.32. The Hall–Kier alpha value is -1.06. The largest absolute Gasteiger partial charge is 0.353 e. The van der Waals surface area contributed by atoms with E-state index in [-0.39, 0.29) is 11.8 Å². The summed E-state index contributed by atoms with van der Waals surface area (Å²) in [4.78, 5) is 14.6. The van der Waals surface area contributed by atoms with Gasteiger partial charge in [0.15, 0.2) is 0 Å². The van der Waals surface area contributed by atoms with E-state index in [1.807, 2.05) is 18.2 Å². The fraction of sp³-hybridized carbons (Fsp3) is 0.611. The van der Waals surface area contributed by atoms with Gasteiger partial charge in [-0.15, -0.1) is 0 Å². The minimum atomic E-state index is 0.168. The fourth-order valence-corrected chi connectivity index (χ4v) is 3.28. The number of benzene rings is 1. The monoisotopic (exact) mass is 322 g/mol. The second-order valence-electron chi connectivity index (χ2n) is 6.34. The van der Waals surface area contributed by atoms with E-state index >= 15 is 0 Å². The van der Waals surface area contributed by atoms with Crippen LogP contribution >= 0.6 is 11.6 Å². The topological polar surface area (TPSA) is 32.3 Å². The summed E-state index contributed by atoms with van der Waals surface area (Å²) >= 11 is 6.22.